The van der Waals surface area contributed by atoms with E-state index in [-0.39, 0.29) is 0 Å². The molecular weight excluding hydrogens is 409 g/mol. The summed E-state index contributed by atoms with van der Waals surface area (Å²) in [6.45, 7) is 24.3. The second-order valence-corrected chi connectivity index (χ2v) is 13.2. The summed E-state index contributed by atoms with van der Waals surface area (Å²) >= 11 is 2.40. The van der Waals surface area contributed by atoms with Gasteiger partial charge in [0, 0.05) is 0 Å². The average Bonchev–Trinajstić information content (AvgIpc) is 2.31. The summed E-state index contributed by atoms with van der Waals surface area (Å²) in [6.07, 6.45) is 5.28. The third kappa shape index (κ3) is 10.6. The van der Waals surface area contributed by atoms with E-state index < -0.39 is 0 Å². The molecule has 0 N–H and O–H groups in total. The molecule has 0 aromatic rings. The summed E-state index contributed by atoms with van der Waals surface area (Å²) in [5.74, 6) is 3.09. The fourth-order valence-corrected chi connectivity index (χ4v) is 6.08. The van der Waals surface area contributed by atoms with Crippen molar-refractivity contribution in [3.05, 3.63) is 5.92 Å². The van der Waals surface area contributed by atoms with E-state index in [9.17, 15) is 0 Å². The molecule has 3 heteroatoms. The largest absolute Gasteiger partial charge is 0.230 e. The van der Waals surface area contributed by atoms with Crippen LogP contribution in [-0.4, -0.2) is 11.0 Å². The van der Waals surface area contributed by atoms with Crippen LogP contribution in [0, 0.1) is 34.0 Å². The van der Waals surface area contributed by atoms with E-state index >= 15 is 0 Å². The van der Waals surface area contributed by atoms with E-state index in [1.807, 2.05) is 0 Å². The van der Waals surface area contributed by atoms with E-state index in [4.69, 9.17) is 0 Å². The topological polar surface area (TPSA) is 0 Å². The molecule has 0 aliphatic rings. The molecule has 0 amide bonds. The summed E-state index contributed by atoms with van der Waals surface area (Å²) < 4.78 is 0. The van der Waals surface area contributed by atoms with Crippen LogP contribution in [-0.2, 0) is 0 Å². The lowest BCUT2D eigenvalue weighted by atomic mass is 9.65. The fraction of sp³-hybridized carbons (Fsp3) is 0.950. The lowest BCUT2D eigenvalue weighted by Crippen LogP contribution is -2.31. The first-order chi connectivity index (χ1) is 10.2. The Balaban J connectivity index is 4.72. The highest BCUT2D eigenvalue weighted by Gasteiger charge is 2.37. The smallest absolute Gasteiger partial charge is 0.152 e. The van der Waals surface area contributed by atoms with Gasteiger partial charge in [-0.25, -0.2) is 0 Å². The Morgan fingerprint density at radius 2 is 1.39 bits per heavy atom. The molecular formula is C20H41BIP+. The zero-order valence-corrected chi connectivity index (χ0v) is 20.6. The Bertz CT molecular complexity index is 337. The maximum absolute atomic E-state index is 2.48. The normalized spacial score (nSPS) is 15.5. The van der Waals surface area contributed by atoms with E-state index in [2.05, 4.69) is 96.5 Å². The fourth-order valence-electron chi connectivity index (χ4n) is 4.66. The maximum atomic E-state index is 2.48. The molecule has 0 aliphatic heterocycles. The monoisotopic (exact) mass is 450 g/mol. The van der Waals surface area contributed by atoms with Gasteiger partial charge in [-0.3, -0.25) is 0 Å². The first-order valence-electron chi connectivity index (χ1n) is 9.20. The zero-order valence-electron chi connectivity index (χ0n) is 17.4. The molecule has 135 valence electrons. The quantitative estimate of drug-likeness (QED) is 0.131. The average molecular weight is 450 g/mol. The summed E-state index contributed by atoms with van der Waals surface area (Å²) in [7, 11) is 0.988. The van der Waals surface area contributed by atoms with Crippen molar-refractivity contribution in [1.29, 1.82) is 0 Å². The van der Waals surface area contributed by atoms with Gasteiger partial charge in [-0.15, -0.1) is 8.46 Å². The van der Waals surface area contributed by atoms with Gasteiger partial charge in [0.15, 0.2) is 0 Å². The summed E-state index contributed by atoms with van der Waals surface area (Å²) in [6, 6.07) is 0. The molecule has 0 fully saturated rings. The molecule has 1 radical (unpaired) electrons. The van der Waals surface area contributed by atoms with Crippen LogP contribution >= 0.6 is 30.8 Å². The van der Waals surface area contributed by atoms with Gasteiger partial charge in [0.2, 0.25) is 4.86 Å². The molecule has 0 bridgehead atoms. The molecule has 0 heterocycles. The minimum Gasteiger partial charge on any atom is -0.152 e. The Kier molecular flexibility index (Phi) is 10.2. The van der Waals surface area contributed by atoms with Crippen LogP contribution in [0.2, 0.25) is 0 Å². The van der Waals surface area contributed by atoms with Crippen LogP contribution in [0.3, 0.4) is 0 Å². The van der Waals surface area contributed by atoms with E-state index in [0.717, 1.165) is 14.4 Å². The van der Waals surface area contributed by atoms with Crippen molar-refractivity contribution >= 4 is 35.7 Å². The molecule has 23 heavy (non-hydrogen) atoms. The Morgan fingerprint density at radius 3 is 1.83 bits per heavy atom. The Morgan fingerprint density at radius 1 is 0.913 bits per heavy atom. The van der Waals surface area contributed by atoms with Crippen molar-refractivity contribution in [2.24, 2.45) is 28.1 Å². The molecule has 0 aromatic carbocycles. The van der Waals surface area contributed by atoms with Crippen LogP contribution in [0.25, 0.3) is 0 Å². The minimum atomic E-state index is 0.410. The van der Waals surface area contributed by atoms with Crippen LogP contribution in [0.15, 0.2) is 0 Å². The molecule has 0 nitrogen and oxygen atoms in total. The molecule has 0 aliphatic carbocycles. The van der Waals surface area contributed by atoms with Gasteiger partial charge >= 0.3 is 0 Å². The van der Waals surface area contributed by atoms with Gasteiger partial charge < -0.3 is 0 Å². The van der Waals surface area contributed by atoms with Crippen LogP contribution in [0.5, 0.6) is 0 Å². The highest BCUT2D eigenvalue weighted by molar-refractivity contribution is 14.1. The number of halogens is 1. The van der Waals surface area contributed by atoms with Crippen molar-refractivity contribution in [2.45, 2.75) is 88.5 Å². The third-order valence-corrected chi connectivity index (χ3v) is 7.76. The molecule has 2 unspecified atom stereocenters. The van der Waals surface area contributed by atoms with Crippen molar-refractivity contribution in [1.82, 2.24) is 0 Å². The molecule has 0 saturated carbocycles. The lowest BCUT2D eigenvalue weighted by Gasteiger charge is -2.41. The minimum absolute atomic E-state index is 0.410. The summed E-state index contributed by atoms with van der Waals surface area (Å²) in [4.78, 5) is 2.31. The van der Waals surface area contributed by atoms with Gasteiger partial charge in [0.05, 0.1) is 24.7 Å². The SMILES string of the molecule is C[C+](C(C)C)C(C)CC(C)(C)CC(C)(C)CC(C)(C)CP[B]I. The first kappa shape index (κ1) is 24.1. The first-order valence-corrected chi connectivity index (χ1v) is 11.7. The van der Waals surface area contributed by atoms with Gasteiger partial charge in [0.25, 0.3) is 0 Å². The predicted molar refractivity (Wildman–Crippen MR) is 121 cm³/mol. The van der Waals surface area contributed by atoms with Crippen LogP contribution in [0.4, 0.5) is 0 Å². The Labute approximate surface area is 164 Å². The highest BCUT2D eigenvalue weighted by atomic mass is 127. The van der Waals surface area contributed by atoms with Crippen molar-refractivity contribution in [3.63, 3.8) is 0 Å². The standard InChI is InChI=1S/C20H41BIP/c1-15(2)17(4)16(3)11-18(5,6)12-19(7,8)13-20(9,10)14-23-21-22/h15-16,23H,11-14H2,1-10H3/q+1. The highest BCUT2D eigenvalue weighted by Crippen LogP contribution is 2.46. The second kappa shape index (κ2) is 9.70. The van der Waals surface area contributed by atoms with Gasteiger partial charge in [0.1, 0.15) is 0 Å². The van der Waals surface area contributed by atoms with E-state index in [1.54, 1.807) is 5.92 Å². The van der Waals surface area contributed by atoms with Crippen molar-refractivity contribution in [2.75, 3.05) is 6.16 Å². The van der Waals surface area contributed by atoms with Gasteiger partial charge in [-0.05, 0) is 62.4 Å². The molecule has 2 atom stereocenters. The lowest BCUT2D eigenvalue weighted by molar-refractivity contribution is 0.117. The van der Waals surface area contributed by atoms with Gasteiger partial charge in [-0.1, -0.05) is 41.5 Å². The number of hydrogen-bond donors (Lipinski definition) is 0. The van der Waals surface area contributed by atoms with Crippen molar-refractivity contribution < 1.29 is 0 Å². The summed E-state index contributed by atoms with van der Waals surface area (Å²) in [5, 5.41) is 0. The maximum Gasteiger partial charge on any atom is 0.230 e. The second-order valence-electron chi connectivity index (χ2n) is 10.3. The van der Waals surface area contributed by atoms with Crippen molar-refractivity contribution in [3.8, 4) is 0 Å². The summed E-state index contributed by atoms with van der Waals surface area (Å²) in [5.41, 5.74) is 1.27. The third-order valence-electron chi connectivity index (χ3n) is 5.12. The number of rotatable bonds is 11. The zero-order chi connectivity index (χ0) is 18.5. The molecule has 0 rings (SSSR count). The predicted octanol–water partition coefficient (Wildman–Crippen LogP) is 7.77. The van der Waals surface area contributed by atoms with E-state index in [1.165, 1.54) is 25.4 Å². The van der Waals surface area contributed by atoms with Crippen LogP contribution < -0.4 is 0 Å². The number of hydrogen-bond acceptors (Lipinski definition) is 0. The molecule has 0 aromatic heterocycles. The van der Waals surface area contributed by atoms with Crippen LogP contribution in [0.1, 0.15) is 88.5 Å². The Hall–Kier alpha value is 1.09. The molecule has 0 spiro atoms. The van der Waals surface area contributed by atoms with E-state index in [0.29, 0.717) is 22.2 Å². The molecule has 0 saturated heterocycles. The van der Waals surface area contributed by atoms with Gasteiger partial charge in [-0.2, -0.15) is 22.4 Å².